The number of benzene rings is 2. The Bertz CT molecular complexity index is 1050. The van der Waals surface area contributed by atoms with Gasteiger partial charge in [-0.3, -0.25) is 4.79 Å². The summed E-state index contributed by atoms with van der Waals surface area (Å²) in [6, 6.07) is 10.5. The molecule has 30 heavy (non-hydrogen) atoms. The van der Waals surface area contributed by atoms with Crippen molar-refractivity contribution >= 4 is 27.5 Å². The molecule has 0 aliphatic carbocycles. The average Bonchev–Trinajstić information content (AvgIpc) is 2.69. The number of amides is 1. The van der Waals surface area contributed by atoms with Gasteiger partial charge in [-0.15, -0.1) is 0 Å². The summed E-state index contributed by atoms with van der Waals surface area (Å²) in [5.74, 6) is -0.790. The number of aryl methyl sites for hydroxylation is 1. The van der Waals surface area contributed by atoms with Crippen LogP contribution < -0.4 is 10.5 Å². The molecule has 1 heterocycles. The first-order valence-electron chi connectivity index (χ1n) is 9.55. The van der Waals surface area contributed by atoms with Crippen LogP contribution in [0.1, 0.15) is 24.8 Å². The van der Waals surface area contributed by atoms with E-state index in [2.05, 4.69) is 0 Å². The number of hydrogen-bond acceptors (Lipinski definition) is 4. The Morgan fingerprint density at radius 1 is 1.30 bits per heavy atom. The second kappa shape index (κ2) is 8.91. The second-order valence-corrected chi connectivity index (χ2v) is 10.0. The van der Waals surface area contributed by atoms with Crippen molar-refractivity contribution in [3.05, 3.63) is 58.9 Å². The van der Waals surface area contributed by atoms with Crippen molar-refractivity contribution in [2.45, 2.75) is 31.1 Å². The molecule has 2 N–H and O–H groups in total. The number of carbonyl (C=O) groups is 1. The van der Waals surface area contributed by atoms with Gasteiger partial charge in [-0.05, 0) is 55.7 Å². The van der Waals surface area contributed by atoms with Crippen LogP contribution in [0.15, 0.2) is 47.4 Å². The standard InChI is InChI=1S/C21H24ClFN2O4S/c1-15-11-16(7-8-17(15)22)29-14-21(12-20(24)26)9-4-10-25(13-21)30(27,28)19-6-3-2-5-18(19)23/h2-3,5-8,11H,4,9-10,12-14H2,1H3,(H2,24,26)/t21-/m1/s1. The van der Waals surface area contributed by atoms with Gasteiger partial charge in [0.2, 0.25) is 15.9 Å². The third-order valence-corrected chi connectivity index (χ3v) is 7.61. The molecule has 1 amide bonds. The van der Waals surface area contributed by atoms with Crippen LogP contribution in [0.4, 0.5) is 4.39 Å². The summed E-state index contributed by atoms with van der Waals surface area (Å²) in [5, 5.41) is 0.606. The lowest BCUT2D eigenvalue weighted by molar-refractivity contribution is -0.121. The van der Waals surface area contributed by atoms with Gasteiger partial charge in [-0.2, -0.15) is 4.31 Å². The lowest BCUT2D eigenvalue weighted by atomic mass is 9.78. The number of carbonyl (C=O) groups excluding carboxylic acids is 1. The molecule has 2 aromatic carbocycles. The fourth-order valence-corrected chi connectivity index (χ4v) is 5.56. The number of rotatable bonds is 7. The summed E-state index contributed by atoms with van der Waals surface area (Å²) in [6.07, 6.45) is 1.03. The third-order valence-electron chi connectivity index (χ3n) is 5.30. The third kappa shape index (κ3) is 4.94. The molecule has 3 rings (SSSR count). The predicted molar refractivity (Wildman–Crippen MR) is 112 cm³/mol. The van der Waals surface area contributed by atoms with Gasteiger partial charge in [-0.1, -0.05) is 23.7 Å². The maximum atomic E-state index is 14.2. The molecule has 1 aliphatic heterocycles. The summed E-state index contributed by atoms with van der Waals surface area (Å²) >= 11 is 6.05. The fraction of sp³-hybridized carbons (Fsp3) is 0.381. The van der Waals surface area contributed by atoms with Crippen LogP contribution in [0.3, 0.4) is 0 Å². The topological polar surface area (TPSA) is 89.7 Å². The smallest absolute Gasteiger partial charge is 0.246 e. The Balaban J connectivity index is 1.85. The molecule has 0 saturated carbocycles. The molecule has 1 atom stereocenters. The molecular weight excluding hydrogens is 431 g/mol. The molecule has 0 unspecified atom stereocenters. The molecule has 1 saturated heterocycles. The summed E-state index contributed by atoms with van der Waals surface area (Å²) in [6.45, 7) is 2.19. The first kappa shape index (κ1) is 22.5. The van der Waals surface area contributed by atoms with Crippen LogP contribution in [0, 0.1) is 18.2 Å². The zero-order chi connectivity index (χ0) is 21.9. The summed E-state index contributed by atoms with van der Waals surface area (Å²) in [7, 11) is -4.06. The molecule has 0 bridgehead atoms. The molecule has 0 spiro atoms. The van der Waals surface area contributed by atoms with Gasteiger partial charge in [0.25, 0.3) is 0 Å². The molecule has 0 radical (unpaired) electrons. The molecule has 0 aromatic heterocycles. The van der Waals surface area contributed by atoms with Crippen LogP contribution in [0.5, 0.6) is 5.75 Å². The van der Waals surface area contributed by atoms with E-state index in [4.69, 9.17) is 22.1 Å². The lowest BCUT2D eigenvalue weighted by Gasteiger charge is -2.41. The highest BCUT2D eigenvalue weighted by Crippen LogP contribution is 2.37. The van der Waals surface area contributed by atoms with E-state index in [1.54, 1.807) is 18.2 Å². The Kier molecular flexibility index (Phi) is 6.69. The summed E-state index contributed by atoms with van der Waals surface area (Å²) in [4.78, 5) is 11.4. The van der Waals surface area contributed by atoms with Gasteiger partial charge in [-0.25, -0.2) is 12.8 Å². The maximum absolute atomic E-state index is 14.2. The van der Waals surface area contributed by atoms with Crippen molar-refractivity contribution in [2.75, 3.05) is 19.7 Å². The Hall–Kier alpha value is -2.16. The van der Waals surface area contributed by atoms with Gasteiger partial charge in [0.15, 0.2) is 0 Å². The van der Waals surface area contributed by atoms with E-state index < -0.39 is 27.2 Å². The normalized spacial score (nSPS) is 20.1. The van der Waals surface area contributed by atoms with E-state index in [1.807, 2.05) is 6.92 Å². The van der Waals surface area contributed by atoms with Gasteiger partial charge >= 0.3 is 0 Å². The van der Waals surface area contributed by atoms with E-state index >= 15 is 0 Å². The minimum absolute atomic E-state index is 0.0131. The summed E-state index contributed by atoms with van der Waals surface area (Å²) in [5.41, 5.74) is 5.50. The van der Waals surface area contributed by atoms with E-state index in [1.165, 1.54) is 22.5 Å². The van der Waals surface area contributed by atoms with Crippen LogP contribution in [-0.2, 0) is 14.8 Å². The highest BCUT2D eigenvalue weighted by Gasteiger charge is 2.42. The van der Waals surface area contributed by atoms with Crippen LogP contribution in [0.2, 0.25) is 5.02 Å². The molecule has 6 nitrogen and oxygen atoms in total. The average molecular weight is 455 g/mol. The zero-order valence-electron chi connectivity index (χ0n) is 16.6. The van der Waals surface area contributed by atoms with E-state index in [0.717, 1.165) is 11.6 Å². The predicted octanol–water partition coefficient (Wildman–Crippen LogP) is 3.51. The van der Waals surface area contributed by atoms with E-state index in [-0.39, 0.29) is 31.0 Å². The molecule has 162 valence electrons. The van der Waals surface area contributed by atoms with Crippen LogP contribution >= 0.6 is 11.6 Å². The van der Waals surface area contributed by atoms with E-state index in [9.17, 15) is 17.6 Å². The molecular formula is C21H24ClFN2O4S. The number of halogens is 2. The molecule has 1 aliphatic rings. The lowest BCUT2D eigenvalue weighted by Crippen LogP contribution is -2.50. The number of nitrogens with zero attached hydrogens (tertiary/aromatic N) is 1. The van der Waals surface area contributed by atoms with Crippen molar-refractivity contribution in [3.8, 4) is 5.75 Å². The number of hydrogen-bond donors (Lipinski definition) is 1. The van der Waals surface area contributed by atoms with Crippen molar-refractivity contribution in [2.24, 2.45) is 11.1 Å². The van der Waals surface area contributed by atoms with Crippen molar-refractivity contribution < 1.29 is 22.3 Å². The Labute approximate surface area is 180 Å². The number of primary amides is 1. The number of sulfonamides is 1. The van der Waals surface area contributed by atoms with Crippen molar-refractivity contribution in [3.63, 3.8) is 0 Å². The molecule has 2 aromatic rings. The number of piperidine rings is 1. The second-order valence-electron chi connectivity index (χ2n) is 7.72. The Morgan fingerprint density at radius 3 is 2.70 bits per heavy atom. The van der Waals surface area contributed by atoms with Crippen molar-refractivity contribution in [1.82, 2.24) is 4.31 Å². The first-order chi connectivity index (χ1) is 14.1. The first-order valence-corrected chi connectivity index (χ1v) is 11.4. The van der Waals surface area contributed by atoms with Gasteiger partial charge in [0.05, 0.1) is 6.61 Å². The Morgan fingerprint density at radius 2 is 2.03 bits per heavy atom. The zero-order valence-corrected chi connectivity index (χ0v) is 18.2. The van der Waals surface area contributed by atoms with Gasteiger partial charge in [0.1, 0.15) is 16.5 Å². The van der Waals surface area contributed by atoms with Crippen molar-refractivity contribution in [1.29, 1.82) is 0 Å². The van der Waals surface area contributed by atoms with Crippen LogP contribution in [-0.4, -0.2) is 38.3 Å². The maximum Gasteiger partial charge on any atom is 0.246 e. The summed E-state index contributed by atoms with van der Waals surface area (Å²) < 4.78 is 47.4. The highest BCUT2D eigenvalue weighted by molar-refractivity contribution is 7.89. The minimum atomic E-state index is -4.06. The highest BCUT2D eigenvalue weighted by atomic mass is 35.5. The largest absolute Gasteiger partial charge is 0.493 e. The van der Waals surface area contributed by atoms with Gasteiger partial charge < -0.3 is 10.5 Å². The van der Waals surface area contributed by atoms with Crippen LogP contribution in [0.25, 0.3) is 0 Å². The van der Waals surface area contributed by atoms with Gasteiger partial charge in [0, 0.05) is 29.9 Å². The molecule has 1 fully saturated rings. The number of ether oxygens (including phenoxy) is 1. The number of nitrogens with two attached hydrogens (primary N) is 1. The monoisotopic (exact) mass is 454 g/mol. The fourth-order valence-electron chi connectivity index (χ4n) is 3.79. The van der Waals surface area contributed by atoms with E-state index in [0.29, 0.717) is 23.6 Å². The minimum Gasteiger partial charge on any atom is -0.493 e. The SMILES string of the molecule is Cc1cc(OC[C@@]2(CC(N)=O)CCCN(S(=O)(=O)c3ccccc3F)C2)ccc1Cl. The quantitative estimate of drug-likeness (QED) is 0.693. The molecule has 9 heteroatoms.